The second-order valence-electron chi connectivity index (χ2n) is 3.20. The van der Waals surface area contributed by atoms with Crippen molar-refractivity contribution in [3.05, 3.63) is 16.6 Å². The molecule has 0 bridgehead atoms. The number of hydrogen-bond acceptors (Lipinski definition) is 3. The lowest BCUT2D eigenvalue weighted by atomic mass is 9.93. The zero-order valence-corrected chi connectivity index (χ0v) is 8.39. The van der Waals surface area contributed by atoms with Crippen LogP contribution in [0.25, 0.3) is 0 Å². The van der Waals surface area contributed by atoms with Gasteiger partial charge in [0.25, 0.3) is 0 Å². The quantitative estimate of drug-likeness (QED) is 0.720. The third kappa shape index (κ3) is 1.91. The van der Waals surface area contributed by atoms with Crippen LogP contribution in [0, 0.1) is 5.92 Å². The van der Waals surface area contributed by atoms with Gasteiger partial charge in [-0.1, -0.05) is 13.8 Å². The second kappa shape index (κ2) is 3.81. The van der Waals surface area contributed by atoms with E-state index in [1.165, 1.54) is 0 Å². The van der Waals surface area contributed by atoms with Gasteiger partial charge in [0.15, 0.2) is 0 Å². The van der Waals surface area contributed by atoms with E-state index < -0.39 is 0 Å². The van der Waals surface area contributed by atoms with Gasteiger partial charge in [-0.25, -0.2) is 4.98 Å². The highest BCUT2D eigenvalue weighted by Crippen LogP contribution is 2.26. The van der Waals surface area contributed by atoms with Crippen molar-refractivity contribution in [3.63, 3.8) is 0 Å². The van der Waals surface area contributed by atoms with Gasteiger partial charge in [0, 0.05) is 11.6 Å². The van der Waals surface area contributed by atoms with Crippen molar-refractivity contribution in [2.75, 3.05) is 0 Å². The summed E-state index contributed by atoms with van der Waals surface area (Å²) in [5.74, 6) is 0.540. The fourth-order valence-corrected chi connectivity index (χ4v) is 2.28. The summed E-state index contributed by atoms with van der Waals surface area (Å²) in [7, 11) is 0. The predicted molar refractivity (Wildman–Crippen MR) is 50.4 cm³/mol. The number of thiazole rings is 1. The number of rotatable bonds is 3. The molecule has 0 N–H and O–H groups in total. The van der Waals surface area contributed by atoms with E-state index in [4.69, 9.17) is 0 Å². The summed E-state index contributed by atoms with van der Waals surface area (Å²) < 4.78 is 0. The molecule has 1 rings (SSSR count). The molecule has 0 aromatic carbocycles. The Morgan fingerprint density at radius 2 is 2.25 bits per heavy atom. The van der Waals surface area contributed by atoms with Crippen molar-refractivity contribution in [3.8, 4) is 0 Å². The molecule has 0 aliphatic carbocycles. The minimum absolute atomic E-state index is 0.00926. The highest BCUT2D eigenvalue weighted by atomic mass is 32.1. The first kappa shape index (κ1) is 9.39. The Morgan fingerprint density at radius 3 is 2.58 bits per heavy atom. The first-order chi connectivity index (χ1) is 5.63. The average molecular weight is 183 g/mol. The average Bonchev–Trinajstić information content (AvgIpc) is 2.37. The summed E-state index contributed by atoms with van der Waals surface area (Å²) in [6, 6.07) is 0. The van der Waals surface area contributed by atoms with Crippen LogP contribution in [-0.2, 0) is 4.79 Å². The molecular formula is C9H13NOS. The first-order valence-electron chi connectivity index (χ1n) is 4.02. The molecule has 1 aromatic rings. The number of hydrogen-bond donors (Lipinski definition) is 0. The maximum Gasteiger partial charge on any atom is 0.139 e. The standard InChI is InChI=1S/C9H13NOS/c1-6(2)8(7(3)11)9-10-4-5-12-9/h4-6,8H,1-3H3. The van der Waals surface area contributed by atoms with E-state index in [1.54, 1.807) is 24.5 Å². The molecule has 0 aliphatic heterocycles. The van der Waals surface area contributed by atoms with E-state index in [-0.39, 0.29) is 11.7 Å². The third-order valence-electron chi connectivity index (χ3n) is 1.82. The summed E-state index contributed by atoms with van der Waals surface area (Å²) in [4.78, 5) is 15.4. The molecule has 0 fully saturated rings. The Balaban J connectivity index is 2.88. The third-order valence-corrected chi connectivity index (χ3v) is 2.68. The van der Waals surface area contributed by atoms with Gasteiger partial charge in [-0.05, 0) is 12.8 Å². The van der Waals surface area contributed by atoms with Crippen LogP contribution in [0.15, 0.2) is 11.6 Å². The molecule has 1 aromatic heterocycles. The van der Waals surface area contributed by atoms with Crippen LogP contribution in [0.3, 0.4) is 0 Å². The zero-order valence-electron chi connectivity index (χ0n) is 7.57. The molecule has 66 valence electrons. The number of carbonyl (C=O) groups is 1. The maximum atomic E-state index is 11.3. The Hall–Kier alpha value is -0.700. The Labute approximate surface area is 76.6 Å². The Bertz CT molecular complexity index is 254. The first-order valence-corrected chi connectivity index (χ1v) is 4.90. The molecule has 0 saturated carbocycles. The molecule has 0 aliphatic rings. The lowest BCUT2D eigenvalue weighted by molar-refractivity contribution is -0.119. The van der Waals surface area contributed by atoms with E-state index in [1.807, 2.05) is 19.2 Å². The van der Waals surface area contributed by atoms with Crippen LogP contribution in [-0.4, -0.2) is 10.8 Å². The lowest BCUT2D eigenvalue weighted by Crippen LogP contribution is -2.14. The molecular weight excluding hydrogens is 170 g/mol. The largest absolute Gasteiger partial charge is 0.299 e. The molecule has 0 spiro atoms. The molecule has 12 heavy (non-hydrogen) atoms. The normalized spacial score (nSPS) is 13.3. The van der Waals surface area contributed by atoms with Crippen LogP contribution in [0.2, 0.25) is 0 Å². The van der Waals surface area contributed by atoms with Gasteiger partial charge in [0.1, 0.15) is 10.8 Å². The Morgan fingerprint density at radius 1 is 1.58 bits per heavy atom. The smallest absolute Gasteiger partial charge is 0.139 e. The van der Waals surface area contributed by atoms with Gasteiger partial charge in [-0.15, -0.1) is 11.3 Å². The molecule has 0 amide bonds. The zero-order chi connectivity index (χ0) is 9.14. The van der Waals surface area contributed by atoms with Gasteiger partial charge in [-0.2, -0.15) is 0 Å². The fraction of sp³-hybridized carbons (Fsp3) is 0.556. The number of nitrogens with zero attached hydrogens (tertiary/aromatic N) is 1. The van der Waals surface area contributed by atoms with Crippen molar-refractivity contribution in [2.24, 2.45) is 5.92 Å². The number of ketones is 1. The molecule has 1 unspecified atom stereocenters. The molecule has 3 heteroatoms. The van der Waals surface area contributed by atoms with Crippen molar-refractivity contribution < 1.29 is 4.79 Å². The van der Waals surface area contributed by atoms with Gasteiger partial charge >= 0.3 is 0 Å². The van der Waals surface area contributed by atoms with Gasteiger partial charge in [-0.3, -0.25) is 4.79 Å². The van der Waals surface area contributed by atoms with Crippen LogP contribution >= 0.6 is 11.3 Å². The van der Waals surface area contributed by atoms with Crippen molar-refractivity contribution >= 4 is 17.1 Å². The summed E-state index contributed by atoms with van der Waals surface area (Å²) in [6.07, 6.45) is 1.75. The minimum atomic E-state index is -0.00926. The van der Waals surface area contributed by atoms with Crippen LogP contribution in [0.1, 0.15) is 31.7 Å². The second-order valence-corrected chi connectivity index (χ2v) is 4.13. The highest BCUT2D eigenvalue weighted by Gasteiger charge is 2.22. The van der Waals surface area contributed by atoms with Crippen molar-refractivity contribution in [2.45, 2.75) is 26.7 Å². The number of aromatic nitrogens is 1. The molecule has 1 heterocycles. The number of carbonyl (C=O) groups excluding carboxylic acids is 1. The Kier molecular flexibility index (Phi) is 2.98. The molecule has 0 saturated heterocycles. The summed E-state index contributed by atoms with van der Waals surface area (Å²) in [6.45, 7) is 5.73. The summed E-state index contributed by atoms with van der Waals surface area (Å²) >= 11 is 1.56. The molecule has 1 atom stereocenters. The lowest BCUT2D eigenvalue weighted by Gasteiger charge is -2.14. The van der Waals surface area contributed by atoms with E-state index in [0.717, 1.165) is 5.01 Å². The van der Waals surface area contributed by atoms with Crippen molar-refractivity contribution in [1.29, 1.82) is 0 Å². The number of Topliss-reactive ketones (excluding diaryl/α,β-unsaturated/α-hetero) is 1. The van der Waals surface area contributed by atoms with E-state index in [0.29, 0.717) is 5.92 Å². The van der Waals surface area contributed by atoms with Gasteiger partial charge < -0.3 is 0 Å². The summed E-state index contributed by atoms with van der Waals surface area (Å²) in [5.41, 5.74) is 0. The van der Waals surface area contributed by atoms with E-state index in [2.05, 4.69) is 4.98 Å². The topological polar surface area (TPSA) is 30.0 Å². The highest BCUT2D eigenvalue weighted by molar-refractivity contribution is 7.09. The van der Waals surface area contributed by atoms with E-state index >= 15 is 0 Å². The van der Waals surface area contributed by atoms with Crippen LogP contribution in [0.4, 0.5) is 0 Å². The fourth-order valence-electron chi connectivity index (χ4n) is 1.32. The van der Waals surface area contributed by atoms with Gasteiger partial charge in [0.2, 0.25) is 0 Å². The predicted octanol–water partition coefficient (Wildman–Crippen LogP) is 2.47. The SMILES string of the molecule is CC(=O)C(c1nccs1)C(C)C. The van der Waals surface area contributed by atoms with Crippen molar-refractivity contribution in [1.82, 2.24) is 4.98 Å². The monoisotopic (exact) mass is 183 g/mol. The summed E-state index contributed by atoms with van der Waals surface area (Å²) in [5, 5.41) is 2.85. The van der Waals surface area contributed by atoms with E-state index in [9.17, 15) is 4.79 Å². The van der Waals surface area contributed by atoms with Crippen LogP contribution in [0.5, 0.6) is 0 Å². The van der Waals surface area contributed by atoms with Crippen LogP contribution < -0.4 is 0 Å². The molecule has 2 nitrogen and oxygen atoms in total. The molecule has 0 radical (unpaired) electrons. The van der Waals surface area contributed by atoms with Gasteiger partial charge in [0.05, 0.1) is 5.92 Å². The minimum Gasteiger partial charge on any atom is -0.299 e. The maximum absolute atomic E-state index is 11.3.